The van der Waals surface area contributed by atoms with Crippen LogP contribution in [-0.2, 0) is 6.42 Å². The molecule has 0 aliphatic rings. The lowest BCUT2D eigenvalue weighted by Crippen LogP contribution is -2.10. The quantitative estimate of drug-likeness (QED) is 0.333. The van der Waals surface area contributed by atoms with E-state index in [1.807, 2.05) is 42.6 Å². The second-order valence-electron chi connectivity index (χ2n) is 6.00. The van der Waals surface area contributed by atoms with Crippen molar-refractivity contribution < 1.29 is 4.92 Å². The molecule has 0 amide bonds. The van der Waals surface area contributed by atoms with Crippen molar-refractivity contribution in [1.82, 2.24) is 15.0 Å². The van der Waals surface area contributed by atoms with Crippen LogP contribution in [0.15, 0.2) is 42.0 Å². The standard InChI is InChI=1S/C18H16N6O2S2/c1-11-4-2-6-13-14(11)22-18(28-13)23-17-15(24(25)26)16(20-10-21-17)19-8-7-12-5-3-9-27-12/h2-6,9-10H,7-8H2,1H3,(H2,19,20,21,22,23). The van der Waals surface area contributed by atoms with Gasteiger partial charge in [0.1, 0.15) is 6.33 Å². The van der Waals surface area contributed by atoms with E-state index in [1.54, 1.807) is 11.3 Å². The molecule has 0 saturated carbocycles. The van der Waals surface area contributed by atoms with Crippen molar-refractivity contribution in [2.24, 2.45) is 0 Å². The number of thiazole rings is 1. The van der Waals surface area contributed by atoms with Crippen molar-refractivity contribution in [3.63, 3.8) is 0 Å². The number of nitrogens with zero attached hydrogens (tertiary/aromatic N) is 4. The smallest absolute Gasteiger partial charge is 0.353 e. The Bertz CT molecular complexity index is 1130. The predicted octanol–water partition coefficient (Wildman–Crippen LogP) is 4.76. The molecule has 8 nitrogen and oxygen atoms in total. The van der Waals surface area contributed by atoms with Crippen molar-refractivity contribution in [3.05, 3.63) is 62.6 Å². The average molecular weight is 413 g/mol. The molecule has 0 spiro atoms. The number of hydrogen-bond acceptors (Lipinski definition) is 9. The molecule has 2 N–H and O–H groups in total. The van der Waals surface area contributed by atoms with E-state index in [4.69, 9.17) is 0 Å². The number of nitrogens with one attached hydrogen (secondary N) is 2. The zero-order valence-electron chi connectivity index (χ0n) is 14.9. The first kappa shape index (κ1) is 18.3. The third-order valence-electron chi connectivity index (χ3n) is 4.09. The Morgan fingerprint density at radius 2 is 2.04 bits per heavy atom. The van der Waals surface area contributed by atoms with Gasteiger partial charge in [0, 0.05) is 11.4 Å². The number of benzene rings is 1. The number of para-hydroxylation sites is 1. The van der Waals surface area contributed by atoms with Crippen molar-refractivity contribution in [2.45, 2.75) is 13.3 Å². The largest absolute Gasteiger partial charge is 0.364 e. The maximum absolute atomic E-state index is 11.7. The third kappa shape index (κ3) is 3.78. The molecule has 0 fully saturated rings. The molecule has 0 radical (unpaired) electrons. The number of hydrogen-bond donors (Lipinski definition) is 2. The molecule has 0 unspecified atom stereocenters. The van der Waals surface area contributed by atoms with Gasteiger partial charge in [-0.1, -0.05) is 29.5 Å². The number of thiophene rings is 1. The second kappa shape index (κ2) is 7.87. The van der Waals surface area contributed by atoms with Crippen LogP contribution in [0.25, 0.3) is 10.2 Å². The molecular weight excluding hydrogens is 396 g/mol. The van der Waals surface area contributed by atoms with Crippen LogP contribution in [0.2, 0.25) is 0 Å². The van der Waals surface area contributed by atoms with Crippen LogP contribution >= 0.6 is 22.7 Å². The van der Waals surface area contributed by atoms with Gasteiger partial charge < -0.3 is 10.6 Å². The summed E-state index contributed by atoms with van der Waals surface area (Å²) in [6.07, 6.45) is 2.07. The van der Waals surface area contributed by atoms with Crippen LogP contribution in [0.4, 0.5) is 22.5 Å². The fraction of sp³-hybridized carbons (Fsp3) is 0.167. The summed E-state index contributed by atoms with van der Waals surface area (Å²) in [7, 11) is 0. The van der Waals surface area contributed by atoms with E-state index < -0.39 is 4.92 Å². The topological polar surface area (TPSA) is 106 Å². The summed E-state index contributed by atoms with van der Waals surface area (Å²) in [6, 6.07) is 9.92. The molecule has 3 heterocycles. The van der Waals surface area contributed by atoms with Gasteiger partial charge in [0.2, 0.25) is 11.6 Å². The van der Waals surface area contributed by atoms with Crippen molar-refractivity contribution in [2.75, 3.05) is 17.2 Å². The highest BCUT2D eigenvalue weighted by Crippen LogP contribution is 2.34. The Balaban J connectivity index is 1.58. The summed E-state index contributed by atoms with van der Waals surface area (Å²) in [6.45, 7) is 2.52. The first-order chi connectivity index (χ1) is 13.6. The van der Waals surface area contributed by atoms with Gasteiger partial charge in [0.25, 0.3) is 0 Å². The summed E-state index contributed by atoms with van der Waals surface area (Å²) in [5, 5.41) is 20.3. The number of fused-ring (bicyclic) bond motifs is 1. The van der Waals surface area contributed by atoms with E-state index in [0.29, 0.717) is 11.7 Å². The van der Waals surface area contributed by atoms with Gasteiger partial charge in [-0.2, -0.15) is 0 Å². The monoisotopic (exact) mass is 412 g/mol. The van der Waals surface area contributed by atoms with Crippen molar-refractivity contribution >= 4 is 55.3 Å². The number of anilines is 3. The lowest BCUT2D eigenvalue weighted by atomic mass is 10.2. The first-order valence-corrected chi connectivity index (χ1v) is 10.2. The van der Waals surface area contributed by atoms with Crippen LogP contribution in [0, 0.1) is 17.0 Å². The van der Waals surface area contributed by atoms with E-state index >= 15 is 0 Å². The molecular formula is C18H16N6O2S2. The second-order valence-corrected chi connectivity index (χ2v) is 8.06. The van der Waals surface area contributed by atoms with Gasteiger partial charge in [0.05, 0.1) is 15.1 Å². The summed E-state index contributed by atoms with van der Waals surface area (Å²) >= 11 is 3.08. The molecule has 0 saturated heterocycles. The zero-order chi connectivity index (χ0) is 19.5. The molecule has 142 valence electrons. The molecule has 4 rings (SSSR count). The molecule has 0 atom stereocenters. The molecule has 0 aliphatic carbocycles. The zero-order valence-corrected chi connectivity index (χ0v) is 16.5. The van der Waals surface area contributed by atoms with Crippen molar-refractivity contribution in [3.8, 4) is 0 Å². The minimum Gasteiger partial charge on any atom is -0.364 e. The third-order valence-corrected chi connectivity index (χ3v) is 5.97. The normalized spacial score (nSPS) is 10.9. The summed E-state index contributed by atoms with van der Waals surface area (Å²) < 4.78 is 1.01. The van der Waals surface area contributed by atoms with Gasteiger partial charge in [-0.25, -0.2) is 15.0 Å². The van der Waals surface area contributed by atoms with Crippen LogP contribution in [0.1, 0.15) is 10.4 Å². The Kier molecular flexibility index (Phi) is 5.13. The summed E-state index contributed by atoms with van der Waals surface area (Å²) in [4.78, 5) is 25.1. The Labute approximate surface area is 168 Å². The molecule has 0 bridgehead atoms. The highest BCUT2D eigenvalue weighted by Gasteiger charge is 2.24. The molecule has 0 aliphatic heterocycles. The fourth-order valence-electron chi connectivity index (χ4n) is 2.77. The highest BCUT2D eigenvalue weighted by molar-refractivity contribution is 7.22. The maximum atomic E-state index is 11.7. The first-order valence-electron chi connectivity index (χ1n) is 8.50. The predicted molar refractivity (Wildman–Crippen MR) is 113 cm³/mol. The van der Waals surface area contributed by atoms with Gasteiger partial charge in [-0.15, -0.1) is 11.3 Å². The Hall–Kier alpha value is -3.11. The molecule has 28 heavy (non-hydrogen) atoms. The fourth-order valence-corrected chi connectivity index (χ4v) is 4.42. The minimum absolute atomic E-state index is 0.121. The Morgan fingerprint density at radius 1 is 1.18 bits per heavy atom. The van der Waals surface area contributed by atoms with Gasteiger partial charge in [-0.3, -0.25) is 10.1 Å². The lowest BCUT2D eigenvalue weighted by molar-refractivity contribution is -0.383. The van der Waals surface area contributed by atoms with E-state index in [-0.39, 0.29) is 17.3 Å². The lowest BCUT2D eigenvalue weighted by Gasteiger charge is -2.08. The van der Waals surface area contributed by atoms with Gasteiger partial charge in [-0.05, 0) is 36.4 Å². The molecule has 1 aromatic carbocycles. The van der Waals surface area contributed by atoms with E-state index in [2.05, 4.69) is 25.6 Å². The Morgan fingerprint density at radius 3 is 2.79 bits per heavy atom. The van der Waals surface area contributed by atoms with E-state index in [1.165, 1.54) is 22.5 Å². The maximum Gasteiger partial charge on any atom is 0.353 e. The van der Waals surface area contributed by atoms with E-state index in [0.717, 1.165) is 22.2 Å². The van der Waals surface area contributed by atoms with Crippen molar-refractivity contribution in [1.29, 1.82) is 0 Å². The molecule has 10 heteroatoms. The highest BCUT2D eigenvalue weighted by atomic mass is 32.1. The van der Waals surface area contributed by atoms with E-state index in [9.17, 15) is 10.1 Å². The van der Waals surface area contributed by atoms with Gasteiger partial charge >= 0.3 is 5.69 Å². The van der Waals surface area contributed by atoms with Crippen LogP contribution in [-0.4, -0.2) is 26.4 Å². The molecule has 4 aromatic rings. The van der Waals surface area contributed by atoms with Crippen LogP contribution < -0.4 is 10.6 Å². The molecule has 3 aromatic heterocycles. The number of aryl methyl sites for hydroxylation is 1. The average Bonchev–Trinajstić information content (AvgIpc) is 3.32. The number of nitro groups is 1. The number of rotatable bonds is 7. The summed E-state index contributed by atoms with van der Waals surface area (Å²) in [5.41, 5.74) is 1.74. The van der Waals surface area contributed by atoms with Gasteiger partial charge in [0.15, 0.2) is 5.13 Å². The van der Waals surface area contributed by atoms with Crippen LogP contribution in [0.5, 0.6) is 0 Å². The minimum atomic E-state index is -0.478. The summed E-state index contributed by atoms with van der Waals surface area (Å²) in [5.74, 6) is 0.312. The number of aromatic nitrogens is 3. The van der Waals surface area contributed by atoms with Crippen LogP contribution in [0.3, 0.4) is 0 Å². The SMILES string of the molecule is Cc1cccc2sc(Nc3ncnc(NCCc4cccs4)c3[N+](=O)[O-])nc12.